The summed E-state index contributed by atoms with van der Waals surface area (Å²) in [7, 11) is -3.03. The first-order chi connectivity index (χ1) is 15.1. The first kappa shape index (κ1) is 24.1. The van der Waals surface area contributed by atoms with Crippen LogP contribution in [0.25, 0.3) is 0 Å². The van der Waals surface area contributed by atoms with E-state index in [2.05, 4.69) is 14.9 Å². The molecule has 1 amide bonds. The molecule has 0 aromatic heterocycles. The molecule has 174 valence electrons. The van der Waals surface area contributed by atoms with Crippen LogP contribution in [0.1, 0.15) is 10.4 Å². The van der Waals surface area contributed by atoms with Crippen LogP contribution in [-0.2, 0) is 20.0 Å². The van der Waals surface area contributed by atoms with E-state index >= 15 is 0 Å². The van der Waals surface area contributed by atoms with E-state index < -0.39 is 26.0 Å². The number of ether oxygens (including phenoxy) is 1. The Balaban J connectivity index is 1.84. The van der Waals surface area contributed by atoms with E-state index in [1.807, 2.05) is 7.05 Å². The number of rotatable bonds is 7. The molecule has 2 aromatic carbocycles. The highest BCUT2D eigenvalue weighted by Crippen LogP contribution is 2.26. The van der Waals surface area contributed by atoms with Crippen molar-refractivity contribution < 1.29 is 26.4 Å². The van der Waals surface area contributed by atoms with Gasteiger partial charge in [-0.05, 0) is 50.5 Å². The Kier molecular flexibility index (Phi) is 7.20. The fourth-order valence-corrected chi connectivity index (χ4v) is 5.64. The number of likely N-dealkylation sites (N-methyl/N-ethyl adjacent to an activating group) is 1. The van der Waals surface area contributed by atoms with Crippen LogP contribution in [0.2, 0.25) is 0 Å². The molecule has 2 N–H and O–H groups in total. The first-order valence-corrected chi connectivity index (χ1v) is 12.7. The van der Waals surface area contributed by atoms with Gasteiger partial charge in [0.25, 0.3) is 5.91 Å². The molecular weight excluding hydrogens is 456 g/mol. The van der Waals surface area contributed by atoms with Gasteiger partial charge in [0, 0.05) is 37.4 Å². The third-order valence-corrected chi connectivity index (χ3v) is 8.51. The smallest absolute Gasteiger partial charge is 0.255 e. The minimum absolute atomic E-state index is 0.0759. The summed E-state index contributed by atoms with van der Waals surface area (Å²) >= 11 is 0. The van der Waals surface area contributed by atoms with Crippen molar-refractivity contribution in [3.05, 3.63) is 48.0 Å². The average Bonchev–Trinajstić information content (AvgIpc) is 2.79. The van der Waals surface area contributed by atoms with Crippen LogP contribution >= 0.6 is 0 Å². The Hall–Kier alpha value is -2.51. The summed E-state index contributed by atoms with van der Waals surface area (Å²) in [6, 6.07) is 9.99. The van der Waals surface area contributed by atoms with Crippen molar-refractivity contribution in [3.63, 3.8) is 0 Å². The van der Waals surface area contributed by atoms with E-state index in [1.54, 1.807) is 12.1 Å². The highest BCUT2D eigenvalue weighted by Gasteiger charge is 2.28. The van der Waals surface area contributed by atoms with E-state index in [1.165, 1.54) is 48.8 Å². The van der Waals surface area contributed by atoms with Crippen LogP contribution in [0.5, 0.6) is 5.75 Å². The van der Waals surface area contributed by atoms with E-state index in [0.29, 0.717) is 26.2 Å². The molecule has 1 heterocycles. The molecule has 0 saturated carbocycles. The fourth-order valence-electron chi connectivity index (χ4n) is 3.25. The van der Waals surface area contributed by atoms with Crippen LogP contribution in [0.3, 0.4) is 0 Å². The maximum atomic E-state index is 13.0. The van der Waals surface area contributed by atoms with Crippen molar-refractivity contribution in [2.24, 2.45) is 0 Å². The van der Waals surface area contributed by atoms with Gasteiger partial charge in [0.15, 0.2) is 0 Å². The van der Waals surface area contributed by atoms with E-state index in [-0.39, 0.29) is 26.8 Å². The lowest BCUT2D eigenvalue weighted by molar-refractivity contribution is 0.102. The molecule has 12 heteroatoms. The molecule has 2 aromatic rings. The van der Waals surface area contributed by atoms with E-state index in [0.717, 1.165) is 0 Å². The Morgan fingerprint density at radius 1 is 1.00 bits per heavy atom. The summed E-state index contributed by atoms with van der Waals surface area (Å²) < 4.78 is 59.1. The summed E-state index contributed by atoms with van der Waals surface area (Å²) in [5.41, 5.74) is 0.353. The number of hydrogen-bond donors (Lipinski definition) is 2. The lowest BCUT2D eigenvalue weighted by atomic mass is 10.2. The summed E-state index contributed by atoms with van der Waals surface area (Å²) in [5, 5.41) is 2.63. The number of sulfonamides is 2. The maximum absolute atomic E-state index is 13.0. The lowest BCUT2D eigenvalue weighted by Crippen LogP contribution is -2.47. The highest BCUT2D eigenvalue weighted by atomic mass is 32.2. The Bertz CT molecular complexity index is 1210. The average molecular weight is 483 g/mol. The maximum Gasteiger partial charge on any atom is 0.255 e. The van der Waals surface area contributed by atoms with Crippen molar-refractivity contribution in [1.82, 2.24) is 13.9 Å². The van der Waals surface area contributed by atoms with Crippen LogP contribution in [0.4, 0.5) is 5.69 Å². The molecule has 0 spiro atoms. The zero-order chi connectivity index (χ0) is 23.5. The minimum atomic E-state index is -3.86. The third-order valence-electron chi connectivity index (χ3n) is 5.18. The van der Waals surface area contributed by atoms with Gasteiger partial charge in [-0.25, -0.2) is 21.6 Å². The highest BCUT2D eigenvalue weighted by molar-refractivity contribution is 7.89. The molecule has 1 aliphatic heterocycles. The van der Waals surface area contributed by atoms with Gasteiger partial charge in [0.05, 0.1) is 12.0 Å². The van der Waals surface area contributed by atoms with Crippen molar-refractivity contribution in [2.75, 3.05) is 52.7 Å². The predicted octanol–water partition coefficient (Wildman–Crippen LogP) is 0.792. The third kappa shape index (κ3) is 5.10. The number of piperazine rings is 1. The zero-order valence-electron chi connectivity index (χ0n) is 18.0. The number of nitrogens with zero attached hydrogens (tertiary/aromatic N) is 2. The van der Waals surface area contributed by atoms with Gasteiger partial charge in [-0.1, -0.05) is 6.07 Å². The number of benzene rings is 2. The summed E-state index contributed by atoms with van der Waals surface area (Å²) in [6.45, 7) is 2.07. The largest absolute Gasteiger partial charge is 0.495 e. The molecule has 0 bridgehead atoms. The Morgan fingerprint density at radius 3 is 2.31 bits per heavy atom. The first-order valence-electron chi connectivity index (χ1n) is 9.80. The fraction of sp³-hybridized carbons (Fsp3) is 0.350. The van der Waals surface area contributed by atoms with Gasteiger partial charge in [-0.3, -0.25) is 4.79 Å². The number of anilines is 1. The lowest BCUT2D eigenvalue weighted by Gasteiger charge is -2.31. The molecule has 1 fully saturated rings. The molecule has 0 atom stereocenters. The van der Waals surface area contributed by atoms with Crippen molar-refractivity contribution in [1.29, 1.82) is 0 Å². The summed E-state index contributed by atoms with van der Waals surface area (Å²) in [5.74, 6) is -0.495. The van der Waals surface area contributed by atoms with Gasteiger partial charge in [-0.15, -0.1) is 0 Å². The Labute approximate surface area is 188 Å². The van der Waals surface area contributed by atoms with Crippen molar-refractivity contribution in [3.8, 4) is 5.75 Å². The Morgan fingerprint density at radius 2 is 1.69 bits per heavy atom. The van der Waals surface area contributed by atoms with Gasteiger partial charge < -0.3 is 15.0 Å². The zero-order valence-corrected chi connectivity index (χ0v) is 19.7. The van der Waals surface area contributed by atoms with Crippen LogP contribution in [0.15, 0.2) is 52.3 Å². The number of methoxy groups -OCH3 is 1. The molecule has 1 saturated heterocycles. The van der Waals surface area contributed by atoms with Crippen molar-refractivity contribution in [2.45, 2.75) is 9.79 Å². The summed E-state index contributed by atoms with van der Waals surface area (Å²) in [6.07, 6.45) is 0. The second-order valence-corrected chi connectivity index (χ2v) is 11.1. The molecular formula is C20H26N4O6S2. The van der Waals surface area contributed by atoms with Gasteiger partial charge in [0.1, 0.15) is 10.6 Å². The number of hydrogen-bond acceptors (Lipinski definition) is 7. The van der Waals surface area contributed by atoms with Gasteiger partial charge in [-0.2, -0.15) is 4.31 Å². The van der Waals surface area contributed by atoms with Crippen LogP contribution in [0, 0.1) is 0 Å². The molecule has 0 aliphatic carbocycles. The van der Waals surface area contributed by atoms with E-state index in [9.17, 15) is 21.6 Å². The monoisotopic (exact) mass is 482 g/mol. The van der Waals surface area contributed by atoms with Crippen LogP contribution in [-0.4, -0.2) is 79.3 Å². The number of nitrogens with one attached hydrogen (secondary N) is 2. The molecule has 0 unspecified atom stereocenters. The molecule has 0 radical (unpaired) electrons. The second-order valence-electron chi connectivity index (χ2n) is 7.26. The van der Waals surface area contributed by atoms with Gasteiger partial charge >= 0.3 is 0 Å². The molecule has 3 rings (SSSR count). The standard InChI is InChI=1S/C20H26N4O6S2/c1-21-31(26,27)19-13-15(7-8-18(19)30-3)20(25)22-16-5-4-6-17(14-16)32(28,29)24-11-9-23(2)10-12-24/h4-8,13-14,21H,9-12H2,1-3H3,(H,22,25). The number of carbonyl (C=O) groups excluding carboxylic acids is 1. The molecule has 1 aliphatic rings. The quantitative estimate of drug-likeness (QED) is 0.598. The van der Waals surface area contributed by atoms with E-state index in [4.69, 9.17) is 4.74 Å². The molecule has 32 heavy (non-hydrogen) atoms. The SMILES string of the molecule is CNS(=O)(=O)c1cc(C(=O)Nc2cccc(S(=O)(=O)N3CCN(C)CC3)c2)ccc1OC. The second kappa shape index (κ2) is 9.55. The predicted molar refractivity (Wildman–Crippen MR) is 120 cm³/mol. The minimum Gasteiger partial charge on any atom is -0.495 e. The van der Waals surface area contributed by atoms with Crippen LogP contribution < -0.4 is 14.8 Å². The summed E-state index contributed by atoms with van der Waals surface area (Å²) in [4.78, 5) is 14.7. The normalized spacial score (nSPS) is 16.0. The number of carbonyl (C=O) groups is 1. The topological polar surface area (TPSA) is 125 Å². The van der Waals surface area contributed by atoms with Gasteiger partial charge in [0.2, 0.25) is 20.0 Å². The number of amides is 1. The molecule has 10 nitrogen and oxygen atoms in total. The van der Waals surface area contributed by atoms with Crippen molar-refractivity contribution >= 4 is 31.6 Å².